The van der Waals surface area contributed by atoms with Crippen molar-refractivity contribution in [3.8, 4) is 5.88 Å². The van der Waals surface area contributed by atoms with Crippen LogP contribution in [-0.4, -0.2) is 33.1 Å². The number of aromatic nitrogens is 3. The van der Waals surface area contributed by atoms with E-state index in [2.05, 4.69) is 10.1 Å². The Morgan fingerprint density at radius 1 is 1.50 bits per heavy atom. The Hall–Kier alpha value is -2.02. The third kappa shape index (κ3) is 1.63. The zero-order valence-corrected chi connectivity index (χ0v) is 9.72. The molecule has 18 heavy (non-hydrogen) atoms. The van der Waals surface area contributed by atoms with Crippen LogP contribution in [0.2, 0.25) is 0 Å². The summed E-state index contributed by atoms with van der Waals surface area (Å²) in [5.41, 5.74) is 5.98. The summed E-state index contributed by atoms with van der Waals surface area (Å²) in [6, 6.07) is 1.55. The van der Waals surface area contributed by atoms with Crippen LogP contribution in [0.4, 0.5) is 5.82 Å². The van der Waals surface area contributed by atoms with E-state index in [0.29, 0.717) is 29.9 Å². The molecule has 0 saturated carbocycles. The molecule has 0 aliphatic carbocycles. The third-order valence-electron chi connectivity index (χ3n) is 3.25. The molecular formula is C11H14N4O3. The van der Waals surface area contributed by atoms with E-state index in [1.165, 1.54) is 6.07 Å². The van der Waals surface area contributed by atoms with Gasteiger partial charge in [-0.2, -0.15) is 5.10 Å². The lowest BCUT2D eigenvalue weighted by atomic mass is 10.1. The van der Waals surface area contributed by atoms with E-state index < -0.39 is 5.56 Å². The molecular weight excluding hydrogens is 236 g/mol. The highest BCUT2D eigenvalue weighted by Crippen LogP contribution is 2.27. The lowest BCUT2D eigenvalue weighted by molar-refractivity contribution is 0.0671. The highest BCUT2D eigenvalue weighted by Gasteiger charge is 2.21. The highest BCUT2D eigenvalue weighted by atomic mass is 16.5. The SMILES string of the molecule is Nc1c2c(=O)[nH]c(O)cc2nn1C1CCOCC1. The van der Waals surface area contributed by atoms with Gasteiger partial charge in [-0.3, -0.25) is 9.78 Å². The highest BCUT2D eigenvalue weighted by molar-refractivity contribution is 5.88. The predicted octanol–water partition coefficient (Wildman–Crippen LogP) is 0.364. The van der Waals surface area contributed by atoms with Crippen molar-refractivity contribution in [1.82, 2.24) is 14.8 Å². The number of nitrogen functional groups attached to an aromatic ring is 1. The van der Waals surface area contributed by atoms with E-state index in [9.17, 15) is 9.90 Å². The summed E-state index contributed by atoms with van der Waals surface area (Å²) in [4.78, 5) is 14.1. The number of anilines is 1. The van der Waals surface area contributed by atoms with Gasteiger partial charge in [-0.1, -0.05) is 0 Å². The zero-order valence-electron chi connectivity index (χ0n) is 9.72. The summed E-state index contributed by atoms with van der Waals surface area (Å²) in [7, 11) is 0. The second kappa shape index (κ2) is 4.02. The quantitative estimate of drug-likeness (QED) is 0.677. The number of pyridine rings is 1. The number of hydrogen-bond donors (Lipinski definition) is 3. The van der Waals surface area contributed by atoms with Crippen LogP contribution in [-0.2, 0) is 4.74 Å². The summed E-state index contributed by atoms with van der Waals surface area (Å²) in [5, 5.41) is 14.0. The van der Waals surface area contributed by atoms with E-state index in [4.69, 9.17) is 10.5 Å². The van der Waals surface area contributed by atoms with Gasteiger partial charge in [0, 0.05) is 19.3 Å². The largest absolute Gasteiger partial charge is 0.494 e. The van der Waals surface area contributed by atoms with Crippen LogP contribution in [0.25, 0.3) is 10.9 Å². The number of aromatic amines is 1. The molecule has 7 nitrogen and oxygen atoms in total. The molecule has 3 rings (SSSR count). The first-order chi connectivity index (χ1) is 8.66. The first kappa shape index (κ1) is 11.1. The number of H-pyrrole nitrogens is 1. The van der Waals surface area contributed by atoms with Gasteiger partial charge in [0.2, 0.25) is 0 Å². The van der Waals surface area contributed by atoms with E-state index >= 15 is 0 Å². The maximum atomic E-state index is 11.7. The Morgan fingerprint density at radius 2 is 2.22 bits per heavy atom. The average Bonchev–Trinajstić information content (AvgIpc) is 2.67. The maximum Gasteiger partial charge on any atom is 0.263 e. The fraction of sp³-hybridized carbons (Fsp3) is 0.455. The van der Waals surface area contributed by atoms with Gasteiger partial charge in [-0.15, -0.1) is 0 Å². The molecule has 0 amide bonds. The summed E-state index contributed by atoms with van der Waals surface area (Å²) >= 11 is 0. The smallest absolute Gasteiger partial charge is 0.263 e. The minimum atomic E-state index is -0.416. The van der Waals surface area contributed by atoms with Crippen molar-refractivity contribution in [1.29, 1.82) is 0 Å². The van der Waals surface area contributed by atoms with Crippen LogP contribution in [0.5, 0.6) is 5.88 Å². The standard InChI is InChI=1S/C11H14N4O3/c12-10-9-7(5-8(16)13-11(9)17)14-15(10)6-1-3-18-4-2-6/h5-6,16H,1-4,12H2,(H,13,17). The second-order valence-electron chi connectivity index (χ2n) is 4.42. The van der Waals surface area contributed by atoms with Gasteiger partial charge in [0.25, 0.3) is 5.56 Å². The lowest BCUT2D eigenvalue weighted by Gasteiger charge is -2.23. The number of nitrogens with one attached hydrogen (secondary N) is 1. The van der Waals surface area contributed by atoms with Gasteiger partial charge in [-0.25, -0.2) is 4.68 Å². The first-order valence-corrected chi connectivity index (χ1v) is 5.84. The number of fused-ring (bicyclic) bond motifs is 1. The number of ether oxygens (including phenoxy) is 1. The molecule has 1 aliphatic rings. The summed E-state index contributed by atoms with van der Waals surface area (Å²) in [6.07, 6.45) is 1.64. The van der Waals surface area contributed by atoms with Crippen LogP contribution in [0.15, 0.2) is 10.9 Å². The van der Waals surface area contributed by atoms with Crippen LogP contribution in [0.1, 0.15) is 18.9 Å². The molecule has 0 bridgehead atoms. The molecule has 1 saturated heterocycles. The van der Waals surface area contributed by atoms with E-state index in [1.54, 1.807) is 4.68 Å². The van der Waals surface area contributed by atoms with Gasteiger partial charge < -0.3 is 15.6 Å². The van der Waals surface area contributed by atoms with Crippen molar-refractivity contribution in [3.05, 3.63) is 16.4 Å². The molecule has 0 spiro atoms. The molecule has 0 aromatic carbocycles. The van der Waals surface area contributed by atoms with Gasteiger partial charge in [0.15, 0.2) is 5.88 Å². The van der Waals surface area contributed by atoms with Crippen molar-refractivity contribution in [3.63, 3.8) is 0 Å². The first-order valence-electron chi connectivity index (χ1n) is 5.84. The maximum absolute atomic E-state index is 11.7. The Balaban J connectivity index is 2.16. The molecule has 7 heteroatoms. The molecule has 1 fully saturated rings. The molecule has 0 unspecified atom stereocenters. The number of nitrogens with zero attached hydrogens (tertiary/aromatic N) is 2. The van der Waals surface area contributed by atoms with Crippen molar-refractivity contribution in [2.75, 3.05) is 18.9 Å². The summed E-state index contributed by atoms with van der Waals surface area (Å²) in [5.74, 6) is 0.141. The van der Waals surface area contributed by atoms with Gasteiger partial charge >= 0.3 is 0 Å². The van der Waals surface area contributed by atoms with Gasteiger partial charge in [-0.05, 0) is 12.8 Å². The predicted molar refractivity (Wildman–Crippen MR) is 65.5 cm³/mol. The Morgan fingerprint density at radius 3 is 2.94 bits per heavy atom. The fourth-order valence-corrected chi connectivity index (χ4v) is 2.35. The molecule has 2 aromatic rings. The number of aromatic hydroxyl groups is 1. The molecule has 96 valence electrons. The minimum Gasteiger partial charge on any atom is -0.494 e. The van der Waals surface area contributed by atoms with Gasteiger partial charge in [0.1, 0.15) is 16.7 Å². The number of hydrogen-bond acceptors (Lipinski definition) is 5. The normalized spacial score (nSPS) is 17.3. The molecule has 3 heterocycles. The van der Waals surface area contributed by atoms with Crippen molar-refractivity contribution < 1.29 is 9.84 Å². The number of nitrogens with two attached hydrogens (primary N) is 1. The molecule has 0 radical (unpaired) electrons. The molecule has 4 N–H and O–H groups in total. The monoisotopic (exact) mass is 250 g/mol. The van der Waals surface area contributed by atoms with Crippen LogP contribution < -0.4 is 11.3 Å². The fourth-order valence-electron chi connectivity index (χ4n) is 2.35. The Labute approximate surface area is 102 Å². The van der Waals surface area contributed by atoms with E-state index in [1.807, 2.05) is 0 Å². The summed E-state index contributed by atoms with van der Waals surface area (Å²) in [6.45, 7) is 1.34. The topological polar surface area (TPSA) is 106 Å². The van der Waals surface area contributed by atoms with Crippen molar-refractivity contribution in [2.24, 2.45) is 0 Å². The lowest BCUT2D eigenvalue weighted by Crippen LogP contribution is -2.21. The Bertz CT molecular complexity index is 640. The van der Waals surface area contributed by atoms with Crippen molar-refractivity contribution >= 4 is 16.7 Å². The van der Waals surface area contributed by atoms with Crippen molar-refractivity contribution in [2.45, 2.75) is 18.9 Å². The molecule has 2 aromatic heterocycles. The van der Waals surface area contributed by atoms with Crippen LogP contribution >= 0.6 is 0 Å². The average molecular weight is 250 g/mol. The summed E-state index contributed by atoms with van der Waals surface area (Å²) < 4.78 is 6.96. The Kier molecular flexibility index (Phi) is 2.48. The number of rotatable bonds is 1. The van der Waals surface area contributed by atoms with Crippen LogP contribution in [0, 0.1) is 0 Å². The second-order valence-corrected chi connectivity index (χ2v) is 4.42. The van der Waals surface area contributed by atoms with E-state index in [0.717, 1.165) is 12.8 Å². The molecule has 1 aliphatic heterocycles. The van der Waals surface area contributed by atoms with Gasteiger partial charge in [0.05, 0.1) is 6.04 Å². The zero-order chi connectivity index (χ0) is 12.7. The molecule has 0 atom stereocenters. The van der Waals surface area contributed by atoms with Crippen LogP contribution in [0.3, 0.4) is 0 Å². The van der Waals surface area contributed by atoms with E-state index in [-0.39, 0.29) is 11.9 Å². The third-order valence-corrected chi connectivity index (χ3v) is 3.25. The minimum absolute atomic E-state index is 0.146.